The molecule has 0 aromatic heterocycles. The van der Waals surface area contributed by atoms with E-state index in [1.807, 2.05) is 25.1 Å². The van der Waals surface area contributed by atoms with Gasteiger partial charge in [-0.25, -0.2) is 0 Å². The molecule has 0 saturated heterocycles. The molecule has 0 bridgehead atoms. The summed E-state index contributed by atoms with van der Waals surface area (Å²) in [4.78, 5) is 23.2. The SMILES string of the molecule is COc1cc(NC(=O)C2CC3C(C2)C3C(=O)O)ccc1C. The summed E-state index contributed by atoms with van der Waals surface area (Å²) in [6.45, 7) is 1.95. The molecule has 2 atom stereocenters. The van der Waals surface area contributed by atoms with Gasteiger partial charge >= 0.3 is 5.97 Å². The van der Waals surface area contributed by atoms with E-state index in [0.717, 1.165) is 17.0 Å². The van der Waals surface area contributed by atoms with Gasteiger partial charge in [-0.15, -0.1) is 0 Å². The Bertz CT molecular complexity index is 586. The van der Waals surface area contributed by atoms with Crippen LogP contribution in [0.1, 0.15) is 18.4 Å². The van der Waals surface area contributed by atoms with Gasteiger partial charge in [0.2, 0.25) is 5.91 Å². The topological polar surface area (TPSA) is 75.6 Å². The van der Waals surface area contributed by atoms with Gasteiger partial charge in [-0.1, -0.05) is 6.07 Å². The van der Waals surface area contributed by atoms with Gasteiger partial charge in [-0.05, 0) is 43.2 Å². The van der Waals surface area contributed by atoms with E-state index in [2.05, 4.69) is 5.32 Å². The normalized spacial score (nSPS) is 29.6. The number of aliphatic carboxylic acids is 1. The fourth-order valence-corrected chi connectivity index (χ4v) is 3.56. The molecule has 0 spiro atoms. The lowest BCUT2D eigenvalue weighted by Crippen LogP contribution is -2.23. The molecule has 2 N–H and O–H groups in total. The van der Waals surface area contributed by atoms with Crippen molar-refractivity contribution < 1.29 is 19.4 Å². The summed E-state index contributed by atoms with van der Waals surface area (Å²) in [5.74, 6) is 0.130. The Labute approximate surface area is 123 Å². The largest absolute Gasteiger partial charge is 0.496 e. The molecule has 5 nitrogen and oxygen atoms in total. The zero-order chi connectivity index (χ0) is 15.1. The third-order valence-electron chi connectivity index (χ3n) is 4.78. The Balaban J connectivity index is 1.60. The quantitative estimate of drug-likeness (QED) is 0.891. The van der Waals surface area contributed by atoms with E-state index in [1.165, 1.54) is 0 Å². The molecular formula is C16H19NO4. The van der Waals surface area contributed by atoms with Gasteiger partial charge in [0, 0.05) is 17.7 Å². The van der Waals surface area contributed by atoms with Crippen molar-refractivity contribution >= 4 is 17.6 Å². The summed E-state index contributed by atoms with van der Waals surface area (Å²) in [6.07, 6.45) is 1.38. The summed E-state index contributed by atoms with van der Waals surface area (Å²) >= 11 is 0. The average molecular weight is 289 g/mol. The number of fused-ring (bicyclic) bond motifs is 1. The van der Waals surface area contributed by atoms with E-state index in [9.17, 15) is 9.59 Å². The minimum atomic E-state index is -0.716. The molecule has 5 heteroatoms. The van der Waals surface area contributed by atoms with Crippen molar-refractivity contribution in [1.29, 1.82) is 0 Å². The molecular weight excluding hydrogens is 270 g/mol. The van der Waals surface area contributed by atoms with Crippen LogP contribution in [-0.4, -0.2) is 24.1 Å². The predicted molar refractivity (Wildman–Crippen MR) is 77.2 cm³/mol. The van der Waals surface area contributed by atoms with E-state index >= 15 is 0 Å². The molecule has 3 rings (SSSR count). The second-order valence-electron chi connectivity index (χ2n) is 6.03. The number of benzene rings is 1. The van der Waals surface area contributed by atoms with Gasteiger partial charge in [0.15, 0.2) is 0 Å². The number of hydrogen-bond acceptors (Lipinski definition) is 3. The Hall–Kier alpha value is -2.04. The summed E-state index contributed by atoms with van der Waals surface area (Å²) in [6, 6.07) is 5.56. The number of nitrogens with one attached hydrogen (secondary N) is 1. The third kappa shape index (κ3) is 2.48. The maximum absolute atomic E-state index is 12.2. The zero-order valence-corrected chi connectivity index (χ0v) is 12.1. The number of ether oxygens (including phenoxy) is 1. The molecule has 2 fully saturated rings. The number of anilines is 1. The van der Waals surface area contributed by atoms with Crippen molar-refractivity contribution in [2.75, 3.05) is 12.4 Å². The summed E-state index contributed by atoms with van der Waals surface area (Å²) < 4.78 is 5.24. The van der Waals surface area contributed by atoms with Crippen LogP contribution in [0.25, 0.3) is 0 Å². The number of carboxylic acid groups (broad SMARTS) is 1. The maximum atomic E-state index is 12.2. The number of aryl methyl sites for hydroxylation is 1. The van der Waals surface area contributed by atoms with Crippen molar-refractivity contribution in [2.45, 2.75) is 19.8 Å². The van der Waals surface area contributed by atoms with Crippen LogP contribution < -0.4 is 10.1 Å². The standard InChI is InChI=1S/C16H19NO4/c1-8-3-4-10(7-13(8)21-2)17-15(18)9-5-11-12(6-9)14(11)16(19)20/h3-4,7,9,11-12,14H,5-6H2,1-2H3,(H,17,18)(H,19,20). The molecule has 0 radical (unpaired) electrons. The van der Waals surface area contributed by atoms with Crippen molar-refractivity contribution in [3.8, 4) is 5.75 Å². The summed E-state index contributed by atoms with van der Waals surface area (Å²) in [5, 5.41) is 11.9. The summed E-state index contributed by atoms with van der Waals surface area (Å²) in [5.41, 5.74) is 1.74. The highest BCUT2D eigenvalue weighted by atomic mass is 16.5. The third-order valence-corrected chi connectivity index (χ3v) is 4.78. The Morgan fingerprint density at radius 1 is 1.29 bits per heavy atom. The van der Waals surface area contributed by atoms with Crippen LogP contribution in [0.5, 0.6) is 5.75 Å². The second kappa shape index (κ2) is 5.06. The van der Waals surface area contributed by atoms with Crippen molar-refractivity contribution in [3.05, 3.63) is 23.8 Å². The first kappa shape index (κ1) is 13.9. The minimum absolute atomic E-state index is 0.0164. The number of rotatable bonds is 4. The van der Waals surface area contributed by atoms with Crippen molar-refractivity contribution in [1.82, 2.24) is 0 Å². The van der Waals surface area contributed by atoms with Crippen LogP contribution in [0.2, 0.25) is 0 Å². The van der Waals surface area contributed by atoms with Crippen molar-refractivity contribution in [2.24, 2.45) is 23.7 Å². The van der Waals surface area contributed by atoms with Gasteiger partial charge in [0.25, 0.3) is 0 Å². The van der Waals surface area contributed by atoms with Gasteiger partial charge in [0.05, 0.1) is 13.0 Å². The van der Waals surface area contributed by atoms with Crippen LogP contribution in [0.4, 0.5) is 5.69 Å². The highest BCUT2D eigenvalue weighted by molar-refractivity contribution is 5.93. The van der Waals surface area contributed by atoms with Crippen LogP contribution in [0, 0.1) is 30.6 Å². The van der Waals surface area contributed by atoms with Gasteiger partial charge in [-0.3, -0.25) is 9.59 Å². The molecule has 112 valence electrons. The minimum Gasteiger partial charge on any atom is -0.496 e. The van der Waals surface area contributed by atoms with E-state index in [1.54, 1.807) is 7.11 Å². The highest BCUT2D eigenvalue weighted by Crippen LogP contribution is 2.59. The summed E-state index contributed by atoms with van der Waals surface area (Å²) in [7, 11) is 1.60. The highest BCUT2D eigenvalue weighted by Gasteiger charge is 2.60. The number of hydrogen-bond donors (Lipinski definition) is 2. The molecule has 1 aromatic rings. The fourth-order valence-electron chi connectivity index (χ4n) is 3.56. The fraction of sp³-hybridized carbons (Fsp3) is 0.500. The van der Waals surface area contributed by atoms with Gasteiger partial charge < -0.3 is 15.2 Å². The van der Waals surface area contributed by atoms with E-state index in [0.29, 0.717) is 12.8 Å². The van der Waals surface area contributed by atoms with Crippen LogP contribution in [0.3, 0.4) is 0 Å². The number of methoxy groups -OCH3 is 1. The molecule has 2 unspecified atom stereocenters. The van der Waals surface area contributed by atoms with Gasteiger partial charge in [-0.2, -0.15) is 0 Å². The Kier molecular flexibility index (Phi) is 3.35. The predicted octanol–water partition coefficient (Wildman–Crippen LogP) is 2.30. The lowest BCUT2D eigenvalue weighted by Gasteiger charge is -2.14. The van der Waals surface area contributed by atoms with E-state index < -0.39 is 5.97 Å². The first-order valence-corrected chi connectivity index (χ1v) is 7.19. The van der Waals surface area contributed by atoms with E-state index in [-0.39, 0.29) is 29.6 Å². The van der Waals surface area contributed by atoms with Crippen LogP contribution in [0.15, 0.2) is 18.2 Å². The first-order chi connectivity index (χ1) is 10.0. The maximum Gasteiger partial charge on any atom is 0.307 e. The molecule has 1 aromatic carbocycles. The molecule has 2 aliphatic carbocycles. The molecule has 0 aliphatic heterocycles. The lowest BCUT2D eigenvalue weighted by molar-refractivity contribution is -0.139. The van der Waals surface area contributed by atoms with Gasteiger partial charge in [0.1, 0.15) is 5.75 Å². The smallest absolute Gasteiger partial charge is 0.307 e. The molecule has 2 aliphatic rings. The Morgan fingerprint density at radius 3 is 2.52 bits per heavy atom. The first-order valence-electron chi connectivity index (χ1n) is 7.19. The lowest BCUT2D eigenvalue weighted by atomic mass is 9.99. The number of amides is 1. The monoisotopic (exact) mass is 289 g/mol. The Morgan fingerprint density at radius 2 is 1.95 bits per heavy atom. The van der Waals surface area contributed by atoms with Crippen molar-refractivity contribution in [3.63, 3.8) is 0 Å². The van der Waals surface area contributed by atoms with Crippen LogP contribution >= 0.6 is 0 Å². The molecule has 0 heterocycles. The molecule has 1 amide bonds. The second-order valence-corrected chi connectivity index (χ2v) is 6.03. The molecule has 21 heavy (non-hydrogen) atoms. The van der Waals surface area contributed by atoms with Crippen LogP contribution in [-0.2, 0) is 9.59 Å². The number of carbonyl (C=O) groups excluding carboxylic acids is 1. The average Bonchev–Trinajstić information content (AvgIpc) is 2.97. The zero-order valence-electron chi connectivity index (χ0n) is 12.1. The number of carboxylic acids is 1. The van der Waals surface area contributed by atoms with E-state index in [4.69, 9.17) is 9.84 Å². The number of carbonyl (C=O) groups is 2. The molecule has 2 saturated carbocycles.